The zero-order valence-corrected chi connectivity index (χ0v) is 19.6. The van der Waals surface area contributed by atoms with Gasteiger partial charge < -0.3 is 9.47 Å². The predicted octanol–water partition coefficient (Wildman–Crippen LogP) is 5.35. The number of aryl methyl sites for hydroxylation is 2. The molecule has 0 bridgehead atoms. The molecule has 0 aliphatic heterocycles. The van der Waals surface area contributed by atoms with Crippen LogP contribution in [0.25, 0.3) is 0 Å². The van der Waals surface area contributed by atoms with E-state index in [0.29, 0.717) is 18.4 Å². The maximum absolute atomic E-state index is 13.6. The molecular formula is C26H26O5P. The van der Waals surface area contributed by atoms with E-state index in [1.165, 1.54) is 14.2 Å². The van der Waals surface area contributed by atoms with Crippen molar-refractivity contribution < 1.29 is 23.6 Å². The van der Waals surface area contributed by atoms with Crippen molar-refractivity contribution in [3.63, 3.8) is 0 Å². The van der Waals surface area contributed by atoms with Crippen LogP contribution in [0.2, 0.25) is 0 Å². The van der Waals surface area contributed by atoms with Crippen LogP contribution in [-0.2, 0) is 17.4 Å². The van der Waals surface area contributed by atoms with E-state index >= 15 is 0 Å². The van der Waals surface area contributed by atoms with Crippen LogP contribution in [0.3, 0.4) is 0 Å². The summed E-state index contributed by atoms with van der Waals surface area (Å²) in [4.78, 5) is 27.0. The minimum Gasteiger partial charge on any atom is -0.496 e. The van der Waals surface area contributed by atoms with E-state index in [0.717, 1.165) is 11.1 Å². The van der Waals surface area contributed by atoms with Gasteiger partial charge in [0.1, 0.15) is 17.1 Å². The average molecular weight is 449 g/mol. The number of methoxy groups -OCH3 is 2. The average Bonchev–Trinajstić information content (AvgIpc) is 2.86. The van der Waals surface area contributed by atoms with Crippen LogP contribution in [0.5, 0.6) is 11.5 Å². The number of carbonyl (C=O) groups excluding carboxylic acids is 2. The Morgan fingerprint density at radius 1 is 0.750 bits per heavy atom. The van der Waals surface area contributed by atoms with Gasteiger partial charge in [0.15, 0.2) is 13.6 Å². The lowest BCUT2D eigenvalue weighted by molar-refractivity contribution is 0.103. The first-order valence-corrected chi connectivity index (χ1v) is 11.7. The molecule has 1 radical (unpaired) electrons. The smallest absolute Gasteiger partial charge is 0.254 e. The van der Waals surface area contributed by atoms with E-state index in [4.69, 9.17) is 9.47 Å². The highest BCUT2D eigenvalue weighted by Crippen LogP contribution is 2.38. The molecule has 0 heterocycles. The maximum Gasteiger partial charge on any atom is 0.254 e. The topological polar surface area (TPSA) is 69.7 Å². The molecule has 3 rings (SSSR count). The molecule has 165 valence electrons. The van der Waals surface area contributed by atoms with E-state index < -0.39 is 13.3 Å². The lowest BCUT2D eigenvalue weighted by atomic mass is 9.91. The van der Waals surface area contributed by atoms with Crippen LogP contribution in [0, 0.1) is 0 Å². The molecule has 0 spiro atoms. The Morgan fingerprint density at radius 3 is 1.81 bits per heavy atom. The second-order valence-corrected chi connectivity index (χ2v) is 8.62. The van der Waals surface area contributed by atoms with E-state index in [1.54, 1.807) is 42.5 Å². The minimum atomic E-state index is -2.60. The molecule has 32 heavy (non-hydrogen) atoms. The molecule has 3 aromatic rings. The third-order valence-electron chi connectivity index (χ3n) is 5.42. The molecule has 0 saturated heterocycles. The van der Waals surface area contributed by atoms with Gasteiger partial charge in [-0.1, -0.05) is 50.2 Å². The summed E-state index contributed by atoms with van der Waals surface area (Å²) in [7, 11) is 0.271. The number of carbonyl (C=O) groups is 2. The number of hydrogen-bond donors (Lipinski definition) is 0. The van der Waals surface area contributed by atoms with Gasteiger partial charge in [-0.3, -0.25) is 14.2 Å². The third-order valence-corrected chi connectivity index (χ3v) is 6.84. The summed E-state index contributed by atoms with van der Waals surface area (Å²) in [6, 6.07) is 17.3. The Labute approximate surface area is 189 Å². The summed E-state index contributed by atoms with van der Waals surface area (Å²) >= 11 is 0. The highest BCUT2D eigenvalue weighted by atomic mass is 31.1. The highest BCUT2D eigenvalue weighted by molar-refractivity contribution is 7.71. The van der Waals surface area contributed by atoms with Crippen LogP contribution in [-0.4, -0.2) is 25.5 Å². The second-order valence-electron chi connectivity index (χ2n) is 7.14. The van der Waals surface area contributed by atoms with Gasteiger partial charge in [0.2, 0.25) is 0 Å². The fraction of sp³-hybridized carbons (Fsp3) is 0.231. The summed E-state index contributed by atoms with van der Waals surface area (Å²) in [5.74, 6) is 0.315. The maximum atomic E-state index is 13.6. The van der Waals surface area contributed by atoms with E-state index in [9.17, 15) is 14.2 Å². The minimum absolute atomic E-state index is 0.101. The van der Waals surface area contributed by atoms with Crippen LogP contribution in [0.15, 0.2) is 60.7 Å². The number of ketones is 1. The quantitative estimate of drug-likeness (QED) is 0.325. The molecule has 0 fully saturated rings. The molecule has 1 atom stereocenters. The van der Waals surface area contributed by atoms with E-state index in [-0.39, 0.29) is 33.7 Å². The summed E-state index contributed by atoms with van der Waals surface area (Å²) in [6.45, 7) is 3.99. The second kappa shape index (κ2) is 10.3. The van der Waals surface area contributed by atoms with Crippen LogP contribution in [0.4, 0.5) is 0 Å². The van der Waals surface area contributed by atoms with Gasteiger partial charge >= 0.3 is 0 Å². The molecular weight excluding hydrogens is 423 g/mol. The molecule has 1 unspecified atom stereocenters. The Morgan fingerprint density at radius 2 is 1.28 bits per heavy atom. The zero-order valence-electron chi connectivity index (χ0n) is 18.7. The van der Waals surface area contributed by atoms with Crippen LogP contribution >= 0.6 is 7.80 Å². The molecule has 0 N–H and O–H groups in total. The van der Waals surface area contributed by atoms with Gasteiger partial charge in [-0.2, -0.15) is 0 Å². The lowest BCUT2D eigenvalue weighted by Gasteiger charge is -2.15. The van der Waals surface area contributed by atoms with Crippen molar-refractivity contribution in [2.75, 3.05) is 14.2 Å². The number of rotatable bonds is 9. The van der Waals surface area contributed by atoms with E-state index in [2.05, 4.69) is 0 Å². The SMILES string of the molecule is CCc1cccc(CC)c1C(=O)c1ccccc1[P](=O)C(=O)c1c(OC)cccc1OC. The van der Waals surface area contributed by atoms with E-state index in [1.807, 2.05) is 32.0 Å². The Hall–Kier alpha value is -3.30. The van der Waals surface area contributed by atoms with Gasteiger partial charge in [0.05, 0.1) is 19.5 Å². The van der Waals surface area contributed by atoms with Crippen molar-refractivity contribution in [1.29, 1.82) is 0 Å². The molecule has 5 nitrogen and oxygen atoms in total. The normalized spacial score (nSPS) is 11.1. The zero-order chi connectivity index (χ0) is 23.3. The number of hydrogen-bond acceptors (Lipinski definition) is 5. The van der Waals surface area contributed by atoms with Crippen molar-refractivity contribution in [2.24, 2.45) is 0 Å². The molecule has 0 saturated carbocycles. The Bertz CT molecular complexity index is 1140. The Balaban J connectivity index is 2.12. The van der Waals surface area contributed by atoms with Gasteiger partial charge in [0.25, 0.3) is 5.52 Å². The van der Waals surface area contributed by atoms with Crippen molar-refractivity contribution in [2.45, 2.75) is 26.7 Å². The largest absolute Gasteiger partial charge is 0.496 e. The summed E-state index contributed by atoms with van der Waals surface area (Å²) in [6.07, 6.45) is 1.39. The highest BCUT2D eigenvalue weighted by Gasteiger charge is 2.29. The van der Waals surface area contributed by atoms with Crippen molar-refractivity contribution in [3.8, 4) is 11.5 Å². The first-order valence-electron chi connectivity index (χ1n) is 10.4. The van der Waals surface area contributed by atoms with Gasteiger partial charge in [-0.25, -0.2) is 0 Å². The van der Waals surface area contributed by atoms with Gasteiger partial charge in [-0.15, -0.1) is 0 Å². The van der Waals surface area contributed by atoms with Crippen molar-refractivity contribution in [1.82, 2.24) is 0 Å². The number of benzene rings is 3. The lowest BCUT2D eigenvalue weighted by Crippen LogP contribution is -2.18. The monoisotopic (exact) mass is 449 g/mol. The summed E-state index contributed by atoms with van der Waals surface area (Å²) in [5.41, 5.74) is 2.20. The molecule has 6 heteroatoms. The standard InChI is InChI=1S/C26H26O5P/c1-5-17-11-9-12-18(6-2)23(17)25(27)19-13-7-8-16-22(19)32(29)26(28)24-20(30-3)14-10-15-21(24)31-4/h7-16H,5-6H2,1-4H3. The van der Waals surface area contributed by atoms with Crippen LogP contribution in [0.1, 0.15) is 51.3 Å². The molecule has 0 aliphatic rings. The summed E-state index contributed by atoms with van der Waals surface area (Å²) in [5, 5.41) is 0.207. The van der Waals surface area contributed by atoms with Crippen molar-refractivity contribution >= 4 is 24.4 Å². The molecule has 0 aromatic heterocycles. The van der Waals surface area contributed by atoms with Crippen LogP contribution < -0.4 is 14.8 Å². The van der Waals surface area contributed by atoms with Crippen molar-refractivity contribution in [3.05, 3.63) is 88.5 Å². The van der Waals surface area contributed by atoms with Gasteiger partial charge in [-0.05, 0) is 48.2 Å². The third kappa shape index (κ3) is 4.35. The first kappa shape index (κ1) is 23.4. The first-order chi connectivity index (χ1) is 15.5. The predicted molar refractivity (Wildman–Crippen MR) is 126 cm³/mol. The molecule has 0 amide bonds. The molecule has 3 aromatic carbocycles. The van der Waals surface area contributed by atoms with Gasteiger partial charge in [0, 0.05) is 11.1 Å². The fourth-order valence-electron chi connectivity index (χ4n) is 3.78. The molecule has 0 aliphatic carbocycles. The number of ether oxygens (including phenoxy) is 2. The Kier molecular flexibility index (Phi) is 7.55. The fourth-order valence-corrected chi connectivity index (χ4v) is 5.04. The summed E-state index contributed by atoms with van der Waals surface area (Å²) < 4.78 is 24.1.